The zero-order valence-corrected chi connectivity index (χ0v) is 8.41. The normalized spacial score (nSPS) is 24.1. The Morgan fingerprint density at radius 2 is 1.86 bits per heavy atom. The van der Waals surface area contributed by atoms with Crippen LogP contribution in [0.3, 0.4) is 0 Å². The van der Waals surface area contributed by atoms with Gasteiger partial charge in [-0.3, -0.25) is 4.79 Å². The number of piperidine rings is 1. The van der Waals surface area contributed by atoms with E-state index in [1.165, 1.54) is 6.42 Å². The number of nitriles is 1. The van der Waals surface area contributed by atoms with Crippen molar-refractivity contribution in [1.29, 1.82) is 5.26 Å². The van der Waals surface area contributed by atoms with Gasteiger partial charge in [-0.1, -0.05) is 6.42 Å². The van der Waals surface area contributed by atoms with E-state index >= 15 is 0 Å². The Morgan fingerprint density at radius 1 is 1.21 bits per heavy atom. The molecule has 0 unspecified atom stereocenters. The zero-order chi connectivity index (χ0) is 9.97. The van der Waals surface area contributed by atoms with Crippen molar-refractivity contribution < 1.29 is 4.79 Å². The van der Waals surface area contributed by atoms with E-state index in [0.717, 1.165) is 38.8 Å². The van der Waals surface area contributed by atoms with E-state index in [0.29, 0.717) is 11.8 Å². The highest BCUT2D eigenvalue weighted by molar-refractivity contribution is 5.79. The molecular weight excluding hydrogens is 176 g/mol. The molecule has 1 saturated heterocycles. The number of hydrogen-bond donors (Lipinski definition) is 0. The minimum absolute atomic E-state index is 0.181. The number of likely N-dealkylation sites (tertiary alicyclic amines) is 1. The summed E-state index contributed by atoms with van der Waals surface area (Å²) in [4.78, 5) is 13.8. The average molecular weight is 192 g/mol. The maximum Gasteiger partial charge on any atom is 0.225 e. The van der Waals surface area contributed by atoms with Crippen molar-refractivity contribution in [1.82, 2.24) is 4.90 Å². The molecule has 1 heterocycles. The highest BCUT2D eigenvalue weighted by atomic mass is 16.2. The largest absolute Gasteiger partial charge is 0.342 e. The summed E-state index contributed by atoms with van der Waals surface area (Å²) in [6, 6.07) is 2.28. The molecule has 76 valence electrons. The van der Waals surface area contributed by atoms with Gasteiger partial charge < -0.3 is 4.90 Å². The van der Waals surface area contributed by atoms with Crippen molar-refractivity contribution >= 4 is 5.91 Å². The molecule has 1 aliphatic carbocycles. The van der Waals surface area contributed by atoms with Crippen LogP contribution in [0.1, 0.15) is 32.1 Å². The van der Waals surface area contributed by atoms with E-state index in [1.54, 1.807) is 0 Å². The molecular formula is C11H16N2O. The van der Waals surface area contributed by atoms with Gasteiger partial charge in [-0.2, -0.15) is 5.26 Å². The van der Waals surface area contributed by atoms with Crippen molar-refractivity contribution in [2.75, 3.05) is 13.1 Å². The Balaban J connectivity index is 1.82. The number of hydrogen-bond acceptors (Lipinski definition) is 2. The van der Waals surface area contributed by atoms with Gasteiger partial charge in [-0.05, 0) is 25.7 Å². The molecule has 1 aliphatic heterocycles. The summed E-state index contributed by atoms with van der Waals surface area (Å²) in [5.41, 5.74) is 0. The summed E-state index contributed by atoms with van der Waals surface area (Å²) in [5, 5.41) is 8.73. The standard InChI is InChI=1S/C11H16N2O/c12-8-9-4-6-13(7-5-9)11(14)10-2-1-3-10/h9-10H,1-7H2. The van der Waals surface area contributed by atoms with E-state index in [9.17, 15) is 4.79 Å². The number of nitrogens with zero attached hydrogens (tertiary/aromatic N) is 2. The van der Waals surface area contributed by atoms with E-state index in [1.807, 2.05) is 4.90 Å². The van der Waals surface area contributed by atoms with E-state index in [4.69, 9.17) is 5.26 Å². The van der Waals surface area contributed by atoms with Crippen molar-refractivity contribution in [3.63, 3.8) is 0 Å². The minimum atomic E-state index is 0.181. The monoisotopic (exact) mass is 192 g/mol. The SMILES string of the molecule is N#CC1CCN(C(=O)C2CCC2)CC1. The van der Waals surface area contributed by atoms with Gasteiger partial charge in [-0.25, -0.2) is 0 Å². The Labute approximate surface area is 84.7 Å². The molecule has 2 aliphatic rings. The van der Waals surface area contributed by atoms with Gasteiger partial charge in [0.05, 0.1) is 6.07 Å². The number of carbonyl (C=O) groups excluding carboxylic acids is 1. The summed E-state index contributed by atoms with van der Waals surface area (Å²) >= 11 is 0. The van der Waals surface area contributed by atoms with Crippen molar-refractivity contribution in [2.24, 2.45) is 11.8 Å². The van der Waals surface area contributed by atoms with Gasteiger partial charge in [-0.15, -0.1) is 0 Å². The third-order valence-corrected chi connectivity index (χ3v) is 3.44. The number of amides is 1. The van der Waals surface area contributed by atoms with Crippen molar-refractivity contribution in [3.8, 4) is 6.07 Å². The zero-order valence-electron chi connectivity index (χ0n) is 8.41. The van der Waals surface area contributed by atoms with E-state index < -0.39 is 0 Å². The smallest absolute Gasteiger partial charge is 0.225 e. The second-order valence-corrected chi connectivity index (χ2v) is 4.36. The summed E-state index contributed by atoms with van der Waals surface area (Å²) in [6.07, 6.45) is 5.11. The van der Waals surface area contributed by atoms with Crippen LogP contribution >= 0.6 is 0 Å². The van der Waals surface area contributed by atoms with Gasteiger partial charge in [0.15, 0.2) is 0 Å². The van der Waals surface area contributed by atoms with E-state index in [2.05, 4.69) is 6.07 Å². The molecule has 0 aromatic rings. The molecule has 2 fully saturated rings. The first-order valence-electron chi connectivity index (χ1n) is 5.49. The Morgan fingerprint density at radius 3 is 2.29 bits per heavy atom. The molecule has 0 spiro atoms. The molecule has 1 saturated carbocycles. The van der Waals surface area contributed by atoms with Gasteiger partial charge in [0, 0.05) is 24.9 Å². The van der Waals surface area contributed by atoms with Crippen LogP contribution in [0.15, 0.2) is 0 Å². The van der Waals surface area contributed by atoms with Gasteiger partial charge in [0.1, 0.15) is 0 Å². The maximum absolute atomic E-state index is 11.8. The van der Waals surface area contributed by atoms with Gasteiger partial charge >= 0.3 is 0 Å². The third-order valence-electron chi connectivity index (χ3n) is 3.44. The Bertz CT molecular complexity index is 257. The molecule has 1 amide bonds. The quantitative estimate of drug-likeness (QED) is 0.632. The van der Waals surface area contributed by atoms with Crippen LogP contribution in [0.4, 0.5) is 0 Å². The van der Waals surface area contributed by atoms with E-state index in [-0.39, 0.29) is 5.92 Å². The predicted octanol–water partition coefficient (Wildman–Crippen LogP) is 1.55. The van der Waals surface area contributed by atoms with Gasteiger partial charge in [0.2, 0.25) is 5.91 Å². The molecule has 3 heteroatoms. The first-order chi connectivity index (χ1) is 6.81. The maximum atomic E-state index is 11.8. The lowest BCUT2D eigenvalue weighted by molar-refractivity contribution is -0.139. The number of carbonyl (C=O) groups is 1. The second kappa shape index (κ2) is 4.00. The number of rotatable bonds is 1. The molecule has 0 N–H and O–H groups in total. The third kappa shape index (κ3) is 1.75. The highest BCUT2D eigenvalue weighted by Gasteiger charge is 2.31. The first-order valence-corrected chi connectivity index (χ1v) is 5.49. The second-order valence-electron chi connectivity index (χ2n) is 4.36. The molecule has 0 aromatic carbocycles. The van der Waals surface area contributed by atoms with Crippen LogP contribution in [0.5, 0.6) is 0 Å². The van der Waals surface area contributed by atoms with Crippen molar-refractivity contribution in [2.45, 2.75) is 32.1 Å². The summed E-state index contributed by atoms with van der Waals surface area (Å²) in [5.74, 6) is 0.835. The van der Waals surface area contributed by atoms with Crippen LogP contribution in [-0.4, -0.2) is 23.9 Å². The lowest BCUT2D eigenvalue weighted by atomic mass is 9.83. The highest BCUT2D eigenvalue weighted by Crippen LogP contribution is 2.29. The summed E-state index contributed by atoms with van der Waals surface area (Å²) in [6.45, 7) is 1.60. The van der Waals surface area contributed by atoms with Crippen LogP contribution in [0, 0.1) is 23.2 Å². The van der Waals surface area contributed by atoms with Crippen LogP contribution in [0.2, 0.25) is 0 Å². The fourth-order valence-corrected chi connectivity index (χ4v) is 2.14. The van der Waals surface area contributed by atoms with Gasteiger partial charge in [0.25, 0.3) is 0 Å². The molecule has 0 radical (unpaired) electrons. The predicted molar refractivity (Wildman–Crippen MR) is 52.3 cm³/mol. The minimum Gasteiger partial charge on any atom is -0.342 e. The molecule has 2 rings (SSSR count). The fraction of sp³-hybridized carbons (Fsp3) is 0.818. The molecule has 14 heavy (non-hydrogen) atoms. The summed E-state index contributed by atoms with van der Waals surface area (Å²) in [7, 11) is 0. The van der Waals surface area contributed by atoms with Crippen LogP contribution in [0.25, 0.3) is 0 Å². The lowest BCUT2D eigenvalue weighted by Crippen LogP contribution is -2.43. The topological polar surface area (TPSA) is 44.1 Å². The average Bonchev–Trinajstić information content (AvgIpc) is 2.15. The Hall–Kier alpha value is -1.04. The molecule has 0 aromatic heterocycles. The fourth-order valence-electron chi connectivity index (χ4n) is 2.14. The van der Waals surface area contributed by atoms with Crippen LogP contribution < -0.4 is 0 Å². The molecule has 0 bridgehead atoms. The lowest BCUT2D eigenvalue weighted by Gasteiger charge is -2.35. The molecule has 0 atom stereocenters. The molecule has 3 nitrogen and oxygen atoms in total. The first kappa shape index (κ1) is 9.51. The van der Waals surface area contributed by atoms with Crippen LogP contribution in [-0.2, 0) is 4.79 Å². The Kier molecular flexibility index (Phi) is 2.72. The summed E-state index contributed by atoms with van der Waals surface area (Å²) < 4.78 is 0. The van der Waals surface area contributed by atoms with Crippen molar-refractivity contribution in [3.05, 3.63) is 0 Å².